The Balaban J connectivity index is 1.07. The van der Waals surface area contributed by atoms with Crippen LogP contribution in [0.2, 0.25) is 0 Å². The lowest BCUT2D eigenvalue weighted by Crippen LogP contribution is -2.67. The molecule has 6 fully saturated rings. The van der Waals surface area contributed by atoms with Crippen molar-refractivity contribution in [3.63, 3.8) is 0 Å². The van der Waals surface area contributed by atoms with Crippen LogP contribution in [0.1, 0.15) is 93.4 Å². The van der Waals surface area contributed by atoms with E-state index in [0.717, 1.165) is 0 Å². The van der Waals surface area contributed by atoms with E-state index in [4.69, 9.17) is 37.9 Å². The Hall–Kier alpha value is -1.81. The Morgan fingerprint density at radius 1 is 0.700 bits per heavy atom. The molecule has 70 heavy (non-hydrogen) atoms. The highest BCUT2D eigenvalue weighted by Crippen LogP contribution is 2.75. The van der Waals surface area contributed by atoms with Gasteiger partial charge in [0.05, 0.1) is 45.2 Å². The molecule has 26 atom stereocenters. The lowest BCUT2D eigenvalue weighted by Gasteiger charge is -2.64. The average molecular weight is 1000 g/mol. The molecule has 4 aliphatic heterocycles. The van der Waals surface area contributed by atoms with Crippen LogP contribution in [-0.4, -0.2) is 210 Å². The third-order valence-electron chi connectivity index (χ3n) is 19.2. The average Bonchev–Trinajstić information content (AvgIpc) is 3.52. The molecule has 400 valence electrons. The third-order valence-corrected chi connectivity index (χ3v) is 19.2. The van der Waals surface area contributed by atoms with Gasteiger partial charge in [-0.3, -0.25) is 0 Å². The minimum Gasteiger partial charge on any atom is -0.466 e. The first-order valence-electron chi connectivity index (χ1n) is 24.9. The summed E-state index contributed by atoms with van der Waals surface area (Å²) in [6.07, 6.45) is -21.9. The zero-order valence-electron chi connectivity index (χ0n) is 41.3. The van der Waals surface area contributed by atoms with Gasteiger partial charge in [-0.05, 0) is 81.5 Å². The molecule has 4 saturated heterocycles. The van der Waals surface area contributed by atoms with Gasteiger partial charge in [-0.15, -0.1) is 0 Å². The maximum absolute atomic E-state index is 13.1. The monoisotopic (exact) mass is 1000 g/mol. The summed E-state index contributed by atoms with van der Waals surface area (Å²) >= 11 is 0. The number of carbonyl (C=O) groups excluding carboxylic acids is 1. The van der Waals surface area contributed by atoms with Gasteiger partial charge in [-0.25, -0.2) is 4.79 Å². The molecule has 0 amide bonds. The summed E-state index contributed by atoms with van der Waals surface area (Å²) in [6, 6.07) is 0. The summed E-state index contributed by atoms with van der Waals surface area (Å²) in [7, 11) is 1.29. The van der Waals surface area contributed by atoms with E-state index in [0.29, 0.717) is 50.5 Å². The lowest BCUT2D eigenvalue weighted by atomic mass is 9.42. The molecule has 2 saturated carbocycles. The van der Waals surface area contributed by atoms with Gasteiger partial charge >= 0.3 is 5.97 Å². The number of allylic oxidation sites excluding steroid dienone is 2. The van der Waals surface area contributed by atoms with Crippen LogP contribution in [0.4, 0.5) is 0 Å². The Morgan fingerprint density at radius 3 is 1.86 bits per heavy atom. The maximum Gasteiger partial charge on any atom is 0.333 e. The molecule has 0 aromatic rings. The van der Waals surface area contributed by atoms with Crippen LogP contribution in [0.15, 0.2) is 22.8 Å². The summed E-state index contributed by atoms with van der Waals surface area (Å²) in [6.45, 7) is 11.5. The van der Waals surface area contributed by atoms with Crippen molar-refractivity contribution >= 4 is 5.97 Å². The Bertz CT molecular complexity index is 1970. The zero-order valence-corrected chi connectivity index (χ0v) is 41.3. The number of aliphatic hydroxyl groups is 12. The summed E-state index contributed by atoms with van der Waals surface area (Å²) < 4.78 is 47.8. The number of ether oxygens (including phenoxy) is 8. The quantitative estimate of drug-likeness (QED) is 0.0629. The van der Waals surface area contributed by atoms with Crippen LogP contribution in [0, 0.1) is 39.4 Å². The van der Waals surface area contributed by atoms with Gasteiger partial charge < -0.3 is 99.2 Å². The predicted molar refractivity (Wildman–Crippen MR) is 239 cm³/mol. The third kappa shape index (κ3) is 8.20. The Labute approximate surface area is 407 Å². The minimum absolute atomic E-state index is 0.179. The van der Waals surface area contributed by atoms with Crippen LogP contribution in [0.5, 0.6) is 0 Å². The molecule has 4 aliphatic carbocycles. The highest BCUT2D eigenvalue weighted by Gasteiger charge is 2.75. The number of methoxy groups -OCH3 is 1. The van der Waals surface area contributed by atoms with Crippen molar-refractivity contribution in [1.82, 2.24) is 0 Å². The van der Waals surface area contributed by atoms with Gasteiger partial charge in [0, 0.05) is 22.3 Å². The van der Waals surface area contributed by atoms with E-state index in [2.05, 4.69) is 20.8 Å². The standard InChI is InChI=1S/C49H78O21/c1-20(40(60)63-8)15-23-21(2)49(62)30(67-41(23)61)16-47(6)25-9-10-28-45(4,24(25)11-14-48(47,49)7)13-12-29(46(28,5)19-52)68-43-38(35(57)32(54)26(17-50)65-43)70-44-39(36(58)33(55)27(18-51)66-44)69-42-37(59)34(56)31(53)22(3)64-42/h15,21-23,26-39,41-44,50-59,61-62H,9-14,16-19H2,1-8H3. The van der Waals surface area contributed by atoms with Crippen molar-refractivity contribution in [1.29, 1.82) is 0 Å². The number of hydrogen-bond acceptors (Lipinski definition) is 21. The Kier molecular flexibility index (Phi) is 15.3. The van der Waals surface area contributed by atoms with Gasteiger partial charge in [-0.1, -0.05) is 51.8 Å². The van der Waals surface area contributed by atoms with Crippen molar-refractivity contribution < 1.29 is 104 Å². The molecule has 4 heterocycles. The van der Waals surface area contributed by atoms with Crippen molar-refractivity contribution in [2.75, 3.05) is 26.9 Å². The molecule has 21 heteroatoms. The Morgan fingerprint density at radius 2 is 1.29 bits per heavy atom. The van der Waals surface area contributed by atoms with Gasteiger partial charge in [0.2, 0.25) is 0 Å². The molecule has 0 aromatic carbocycles. The fourth-order valence-corrected chi connectivity index (χ4v) is 14.7. The van der Waals surface area contributed by atoms with E-state index in [1.807, 2.05) is 13.8 Å². The second-order valence-electron chi connectivity index (χ2n) is 22.5. The van der Waals surface area contributed by atoms with E-state index in [-0.39, 0.29) is 12.5 Å². The van der Waals surface area contributed by atoms with E-state index < -0.39 is 169 Å². The number of esters is 1. The molecule has 8 aliphatic rings. The molecule has 0 radical (unpaired) electrons. The van der Waals surface area contributed by atoms with E-state index >= 15 is 0 Å². The second-order valence-corrected chi connectivity index (χ2v) is 22.5. The van der Waals surface area contributed by atoms with Crippen LogP contribution in [-0.2, 0) is 42.7 Å². The molecule has 12 N–H and O–H groups in total. The van der Waals surface area contributed by atoms with Crippen LogP contribution >= 0.6 is 0 Å². The SMILES string of the molecule is COC(=O)C(C)=CC1C(O)OC2CC3(C)C4=C(CCC3(C)C2(O)C1C)C1(C)CCC(OC2OC(CO)C(O)C(O)C2OC2OC(CO)C(O)C(O)C2OC2OC(C)C(O)C(O)C2O)C(C)(CO)C1CC4. The minimum atomic E-state index is -1.89. The van der Waals surface area contributed by atoms with Crippen molar-refractivity contribution in [2.24, 2.45) is 39.4 Å². The highest BCUT2D eigenvalue weighted by molar-refractivity contribution is 5.87. The molecular weight excluding hydrogens is 925 g/mol. The van der Waals surface area contributed by atoms with Crippen LogP contribution < -0.4 is 0 Å². The summed E-state index contributed by atoms with van der Waals surface area (Å²) in [5, 5.41) is 133. The van der Waals surface area contributed by atoms with Gasteiger partial charge in [0.15, 0.2) is 25.2 Å². The first kappa shape index (κ1) is 54.5. The lowest BCUT2D eigenvalue weighted by molar-refractivity contribution is -0.397. The predicted octanol–water partition coefficient (Wildman–Crippen LogP) is -1.62. The molecule has 26 unspecified atom stereocenters. The van der Waals surface area contributed by atoms with Crippen molar-refractivity contribution in [3.05, 3.63) is 22.8 Å². The smallest absolute Gasteiger partial charge is 0.333 e. The summed E-state index contributed by atoms with van der Waals surface area (Å²) in [4.78, 5) is 12.4. The first-order chi connectivity index (χ1) is 32.8. The number of rotatable bonds is 11. The van der Waals surface area contributed by atoms with Crippen LogP contribution in [0.3, 0.4) is 0 Å². The fourth-order valence-electron chi connectivity index (χ4n) is 14.7. The summed E-state index contributed by atoms with van der Waals surface area (Å²) in [5.41, 5.74) is -1.25. The fraction of sp³-hybridized carbons (Fsp3) is 0.898. The van der Waals surface area contributed by atoms with Crippen molar-refractivity contribution in [3.8, 4) is 0 Å². The second kappa shape index (κ2) is 19.7. The van der Waals surface area contributed by atoms with Crippen LogP contribution in [0.25, 0.3) is 0 Å². The molecular formula is C49H78O21. The topological polar surface area (TPSA) is 334 Å². The molecule has 8 rings (SSSR count). The van der Waals surface area contributed by atoms with Crippen molar-refractivity contribution in [2.45, 2.75) is 210 Å². The highest BCUT2D eigenvalue weighted by atomic mass is 16.8. The molecule has 0 spiro atoms. The molecule has 0 aromatic heterocycles. The number of carbonyl (C=O) groups is 1. The summed E-state index contributed by atoms with van der Waals surface area (Å²) in [5.74, 6) is -1.88. The number of hydrogen-bond donors (Lipinski definition) is 12. The maximum atomic E-state index is 13.1. The largest absolute Gasteiger partial charge is 0.466 e. The van der Waals surface area contributed by atoms with Gasteiger partial charge in [0.25, 0.3) is 0 Å². The van der Waals surface area contributed by atoms with E-state index in [9.17, 15) is 66.1 Å². The first-order valence-corrected chi connectivity index (χ1v) is 24.9. The number of aliphatic hydroxyl groups excluding tert-OH is 11. The normalized spacial score (nSPS) is 53.9. The molecule has 0 bridgehead atoms. The van der Waals surface area contributed by atoms with Gasteiger partial charge in [0.1, 0.15) is 72.7 Å². The number of fused-ring (bicyclic) bond motifs is 6. The van der Waals surface area contributed by atoms with Gasteiger partial charge in [-0.2, -0.15) is 0 Å². The zero-order chi connectivity index (χ0) is 51.4. The van der Waals surface area contributed by atoms with E-state index in [1.54, 1.807) is 13.0 Å². The van der Waals surface area contributed by atoms with E-state index in [1.165, 1.54) is 25.2 Å². The molecule has 21 nitrogen and oxygen atoms in total.